The average molecular weight is 523 g/mol. The fourth-order valence-electron chi connectivity index (χ4n) is 8.07. The Morgan fingerprint density at radius 3 is 2.43 bits per heavy atom. The van der Waals surface area contributed by atoms with Crippen molar-refractivity contribution < 1.29 is 18.8 Å². The first-order valence-corrected chi connectivity index (χ1v) is 17.4. The van der Waals surface area contributed by atoms with Gasteiger partial charge in [0.25, 0.3) is 0 Å². The normalized spacial score (nSPS) is 35.7. The molecule has 0 bridgehead atoms. The van der Waals surface area contributed by atoms with Crippen LogP contribution in [0, 0.1) is 28.6 Å². The van der Waals surface area contributed by atoms with Crippen LogP contribution in [0.2, 0.25) is 18.1 Å². The number of carbonyl (C=O) groups is 2. The first-order valence-electron chi connectivity index (χ1n) is 14.5. The summed E-state index contributed by atoms with van der Waals surface area (Å²) in [6, 6.07) is 9.42. The zero-order valence-electron chi connectivity index (χ0n) is 23.8. The molecule has 0 N–H and O–H groups in total. The Kier molecular flexibility index (Phi) is 6.88. The van der Waals surface area contributed by atoms with Crippen molar-refractivity contribution in [3.05, 3.63) is 47.5 Å². The smallest absolute Gasteiger partial charge is 0.338 e. The summed E-state index contributed by atoms with van der Waals surface area (Å²) >= 11 is 0. The number of hydrogen-bond acceptors (Lipinski definition) is 4. The summed E-state index contributed by atoms with van der Waals surface area (Å²) in [6.07, 6.45) is 10.0. The first-order chi connectivity index (χ1) is 17.4. The van der Waals surface area contributed by atoms with E-state index in [9.17, 15) is 9.59 Å². The standard InChI is InChI=1S/C32H46O4Si/c1-30(2,3)37(5,6)35-21-32-19-16-24(33)20-23(32)12-13-25-26-14-15-28(31(26,4)18-17-27(25)32)36-29(34)22-10-8-7-9-11-22/h7-11,20,25-28H,12-19,21H2,1-6H3/t25-,26-,27-,28?,31-,32+/m0/s1. The van der Waals surface area contributed by atoms with Crippen molar-refractivity contribution in [2.45, 2.75) is 103 Å². The molecule has 1 unspecified atom stereocenters. The Morgan fingerprint density at radius 2 is 1.73 bits per heavy atom. The third-order valence-corrected chi connectivity index (χ3v) is 15.8. The molecule has 1 aromatic carbocycles. The zero-order valence-corrected chi connectivity index (χ0v) is 24.8. The van der Waals surface area contributed by atoms with E-state index in [4.69, 9.17) is 9.16 Å². The number of fused-ring (bicyclic) bond motifs is 5. The van der Waals surface area contributed by atoms with Crippen LogP contribution >= 0.6 is 0 Å². The molecule has 4 aliphatic carbocycles. The maximum absolute atomic E-state index is 13.0. The number of carbonyl (C=O) groups excluding carboxylic acids is 2. The SMILES string of the molecule is CC(C)(C)[Si](C)(C)OC[C@]12CCC(=O)C=C1CC[C@@H]1[C@@H]2CC[C@]2(C)C(OC(=O)c3ccccc3)CC[C@@H]12. The lowest BCUT2D eigenvalue weighted by Crippen LogP contribution is -2.55. The van der Waals surface area contributed by atoms with Crippen molar-refractivity contribution in [1.29, 1.82) is 0 Å². The quantitative estimate of drug-likeness (QED) is 0.293. The van der Waals surface area contributed by atoms with Gasteiger partial charge in [0, 0.05) is 23.9 Å². The average Bonchev–Trinajstić information content (AvgIpc) is 3.18. The fraction of sp³-hybridized carbons (Fsp3) is 0.688. The van der Waals surface area contributed by atoms with Crippen molar-refractivity contribution >= 4 is 20.1 Å². The Morgan fingerprint density at radius 1 is 1.00 bits per heavy atom. The van der Waals surface area contributed by atoms with Crippen molar-refractivity contribution in [2.75, 3.05) is 6.61 Å². The molecule has 0 radical (unpaired) electrons. The molecule has 6 atom stereocenters. The number of ketones is 1. The molecule has 0 aliphatic heterocycles. The van der Waals surface area contributed by atoms with Crippen LogP contribution in [0.25, 0.3) is 0 Å². The first kappa shape index (κ1) is 26.9. The van der Waals surface area contributed by atoms with Crippen LogP contribution in [0.1, 0.15) is 89.4 Å². The van der Waals surface area contributed by atoms with Gasteiger partial charge < -0.3 is 9.16 Å². The molecular formula is C32H46O4Si. The van der Waals surface area contributed by atoms with E-state index in [1.807, 2.05) is 36.4 Å². The molecule has 4 aliphatic rings. The maximum Gasteiger partial charge on any atom is 0.338 e. The van der Waals surface area contributed by atoms with Crippen LogP contribution < -0.4 is 0 Å². The zero-order chi connectivity index (χ0) is 26.6. The topological polar surface area (TPSA) is 52.6 Å². The van der Waals surface area contributed by atoms with Crippen molar-refractivity contribution in [2.24, 2.45) is 28.6 Å². The second-order valence-corrected chi connectivity index (χ2v) is 18.9. The minimum absolute atomic E-state index is 0.00746. The molecule has 37 heavy (non-hydrogen) atoms. The van der Waals surface area contributed by atoms with Gasteiger partial charge in [-0.05, 0) is 99.0 Å². The maximum atomic E-state index is 13.0. The Balaban J connectivity index is 1.39. The summed E-state index contributed by atoms with van der Waals surface area (Å²) in [5.41, 5.74) is 2.03. The summed E-state index contributed by atoms with van der Waals surface area (Å²) < 4.78 is 13.2. The number of esters is 1. The molecule has 0 spiro atoms. The van der Waals surface area contributed by atoms with Crippen LogP contribution in [-0.4, -0.2) is 32.8 Å². The highest BCUT2D eigenvalue weighted by molar-refractivity contribution is 6.74. The molecule has 4 nitrogen and oxygen atoms in total. The minimum atomic E-state index is -1.92. The summed E-state index contributed by atoms with van der Waals surface area (Å²) in [5.74, 6) is 1.82. The van der Waals surface area contributed by atoms with Crippen molar-refractivity contribution in [3.8, 4) is 0 Å². The predicted molar refractivity (Wildman–Crippen MR) is 150 cm³/mol. The van der Waals surface area contributed by atoms with E-state index in [1.165, 1.54) is 5.57 Å². The number of hydrogen-bond donors (Lipinski definition) is 0. The second kappa shape index (κ2) is 9.48. The van der Waals surface area contributed by atoms with Gasteiger partial charge in [-0.15, -0.1) is 0 Å². The molecule has 1 aromatic rings. The summed E-state index contributed by atoms with van der Waals surface area (Å²) in [4.78, 5) is 25.5. The van der Waals surface area contributed by atoms with Gasteiger partial charge in [-0.3, -0.25) is 4.79 Å². The highest BCUT2D eigenvalue weighted by atomic mass is 28.4. The molecule has 0 heterocycles. The third-order valence-electron chi connectivity index (χ3n) is 11.4. The van der Waals surface area contributed by atoms with E-state index >= 15 is 0 Å². The molecule has 0 aromatic heterocycles. The van der Waals surface area contributed by atoms with Crippen LogP contribution in [0.3, 0.4) is 0 Å². The molecule has 0 saturated heterocycles. The third kappa shape index (κ3) is 4.58. The monoisotopic (exact) mass is 522 g/mol. The lowest BCUT2D eigenvalue weighted by Gasteiger charge is -2.59. The van der Waals surface area contributed by atoms with Crippen LogP contribution in [0.5, 0.6) is 0 Å². The molecule has 0 amide bonds. The van der Waals surface area contributed by atoms with Gasteiger partial charge in [-0.1, -0.05) is 51.5 Å². The van der Waals surface area contributed by atoms with Gasteiger partial charge in [0.2, 0.25) is 0 Å². The number of ether oxygens (including phenoxy) is 1. The predicted octanol–water partition coefficient (Wildman–Crippen LogP) is 7.75. The number of rotatable bonds is 5. The summed E-state index contributed by atoms with van der Waals surface area (Å²) in [6.45, 7) is 14.8. The van der Waals surface area contributed by atoms with Gasteiger partial charge in [0.05, 0.1) is 5.56 Å². The van der Waals surface area contributed by atoms with E-state index in [0.717, 1.165) is 51.6 Å². The fourth-order valence-corrected chi connectivity index (χ4v) is 9.13. The molecule has 5 heteroatoms. The Bertz CT molecular complexity index is 1070. The van der Waals surface area contributed by atoms with Crippen LogP contribution in [0.4, 0.5) is 0 Å². The van der Waals surface area contributed by atoms with Gasteiger partial charge in [-0.2, -0.15) is 0 Å². The van der Waals surface area contributed by atoms with E-state index in [0.29, 0.717) is 35.5 Å². The van der Waals surface area contributed by atoms with Gasteiger partial charge in [0.1, 0.15) is 6.10 Å². The lowest BCUT2D eigenvalue weighted by molar-refractivity contribution is -0.120. The van der Waals surface area contributed by atoms with Crippen LogP contribution in [-0.2, 0) is 14.0 Å². The van der Waals surface area contributed by atoms with Crippen LogP contribution in [0.15, 0.2) is 42.0 Å². The summed E-state index contributed by atoms with van der Waals surface area (Å²) in [7, 11) is -1.92. The summed E-state index contributed by atoms with van der Waals surface area (Å²) in [5, 5.41) is 0.165. The van der Waals surface area contributed by atoms with Gasteiger partial charge in [-0.25, -0.2) is 4.79 Å². The van der Waals surface area contributed by atoms with E-state index in [1.54, 1.807) is 0 Å². The molecule has 5 rings (SSSR count). The van der Waals surface area contributed by atoms with Gasteiger partial charge in [0.15, 0.2) is 14.1 Å². The van der Waals surface area contributed by atoms with Gasteiger partial charge >= 0.3 is 5.97 Å². The second-order valence-electron chi connectivity index (χ2n) is 14.1. The number of benzene rings is 1. The molecular weight excluding hydrogens is 476 g/mol. The van der Waals surface area contributed by atoms with Crippen molar-refractivity contribution in [1.82, 2.24) is 0 Å². The van der Waals surface area contributed by atoms with E-state index in [-0.39, 0.29) is 27.9 Å². The lowest BCUT2D eigenvalue weighted by atomic mass is 9.47. The highest BCUT2D eigenvalue weighted by Gasteiger charge is 2.61. The van der Waals surface area contributed by atoms with E-state index < -0.39 is 8.32 Å². The molecule has 3 saturated carbocycles. The molecule has 202 valence electrons. The largest absolute Gasteiger partial charge is 0.458 e. The minimum Gasteiger partial charge on any atom is -0.458 e. The Hall–Kier alpha value is -1.72. The van der Waals surface area contributed by atoms with Crippen molar-refractivity contribution in [3.63, 3.8) is 0 Å². The molecule has 3 fully saturated rings. The van der Waals surface area contributed by atoms with E-state index in [2.05, 4.69) is 40.8 Å². The highest BCUT2D eigenvalue weighted by Crippen LogP contribution is 2.66. The Labute approximate surface area is 224 Å².